The van der Waals surface area contributed by atoms with Gasteiger partial charge in [0, 0.05) is 37.1 Å². The van der Waals surface area contributed by atoms with Crippen LogP contribution in [0.25, 0.3) is 0 Å². The van der Waals surface area contributed by atoms with Gasteiger partial charge < -0.3 is 25.4 Å². The maximum atomic E-state index is 12.5. The van der Waals surface area contributed by atoms with Crippen molar-refractivity contribution in [3.63, 3.8) is 0 Å². The minimum absolute atomic E-state index is 0.0346. The number of thiophene rings is 1. The van der Waals surface area contributed by atoms with Crippen molar-refractivity contribution in [1.82, 2.24) is 4.90 Å². The van der Waals surface area contributed by atoms with Crippen LogP contribution in [0.4, 0.5) is 5.00 Å². The molecule has 0 saturated heterocycles. The Bertz CT molecular complexity index is 829. The van der Waals surface area contributed by atoms with Gasteiger partial charge in [-0.25, -0.2) is 0 Å². The fourth-order valence-electron chi connectivity index (χ4n) is 3.32. The molecule has 164 valence electrons. The quantitative estimate of drug-likeness (QED) is 0.413. The topological polar surface area (TPSA) is 93.9 Å². The highest BCUT2D eigenvalue weighted by Gasteiger charge is 2.26. The van der Waals surface area contributed by atoms with Crippen LogP contribution in [0, 0.1) is 0 Å². The van der Waals surface area contributed by atoms with Gasteiger partial charge in [0.15, 0.2) is 0 Å². The molecule has 1 aliphatic rings. The third kappa shape index (κ3) is 6.04. The van der Waals surface area contributed by atoms with Crippen molar-refractivity contribution in [2.24, 2.45) is 5.73 Å². The molecule has 2 amide bonds. The molecule has 1 aromatic heterocycles. The van der Waals surface area contributed by atoms with E-state index in [4.69, 9.17) is 15.2 Å². The van der Waals surface area contributed by atoms with Gasteiger partial charge >= 0.3 is 0 Å². The van der Waals surface area contributed by atoms with Crippen molar-refractivity contribution >= 4 is 28.2 Å². The summed E-state index contributed by atoms with van der Waals surface area (Å²) in [5, 5.41) is 3.77. The van der Waals surface area contributed by atoms with Crippen molar-refractivity contribution in [3.8, 4) is 0 Å². The lowest BCUT2D eigenvalue weighted by molar-refractivity contribution is -0.136. The molecule has 0 unspecified atom stereocenters. The molecule has 7 nitrogen and oxygen atoms in total. The summed E-state index contributed by atoms with van der Waals surface area (Å²) in [4.78, 5) is 27.5. The monoisotopic (exact) mass is 433 g/mol. The summed E-state index contributed by atoms with van der Waals surface area (Å²) in [7, 11) is 1.51. The standard InChI is InChI=1S/C22H31N3O4S/c1-5-7-18(29-6-2)15(3)8-9-20(26)24-22-17(12-23)16-10-11-25(13-19(16)30-22)21(27)14-28-4/h5,7H,1,3,6,8-14,23H2,2,4H3,(H,24,26)/b18-7+. The first-order valence-electron chi connectivity index (χ1n) is 9.98. The van der Waals surface area contributed by atoms with Crippen LogP contribution in [0.15, 0.2) is 36.6 Å². The van der Waals surface area contributed by atoms with Crippen LogP contribution >= 0.6 is 11.3 Å². The maximum Gasteiger partial charge on any atom is 0.248 e. The molecule has 0 aliphatic carbocycles. The molecule has 0 bridgehead atoms. The Morgan fingerprint density at radius 1 is 1.37 bits per heavy atom. The fourth-order valence-corrected chi connectivity index (χ4v) is 4.63. The maximum absolute atomic E-state index is 12.5. The van der Waals surface area contributed by atoms with Gasteiger partial charge in [-0.1, -0.05) is 19.2 Å². The van der Waals surface area contributed by atoms with Gasteiger partial charge in [-0.3, -0.25) is 9.59 Å². The van der Waals surface area contributed by atoms with E-state index in [-0.39, 0.29) is 24.8 Å². The van der Waals surface area contributed by atoms with Crippen molar-refractivity contribution in [1.29, 1.82) is 0 Å². The van der Waals surface area contributed by atoms with Crippen LogP contribution in [0.1, 0.15) is 35.8 Å². The highest BCUT2D eigenvalue weighted by atomic mass is 32.1. The van der Waals surface area contributed by atoms with E-state index in [9.17, 15) is 9.59 Å². The molecule has 1 aromatic rings. The first-order chi connectivity index (χ1) is 14.4. The molecule has 0 fully saturated rings. The Morgan fingerprint density at radius 2 is 2.13 bits per heavy atom. The van der Waals surface area contributed by atoms with Crippen molar-refractivity contribution in [2.75, 3.05) is 32.2 Å². The zero-order valence-corrected chi connectivity index (χ0v) is 18.6. The summed E-state index contributed by atoms with van der Waals surface area (Å²) in [5.41, 5.74) is 8.84. The van der Waals surface area contributed by atoms with Gasteiger partial charge in [0.05, 0.1) is 18.2 Å². The van der Waals surface area contributed by atoms with Crippen molar-refractivity contribution in [2.45, 2.75) is 39.3 Å². The highest BCUT2D eigenvalue weighted by molar-refractivity contribution is 7.16. The smallest absolute Gasteiger partial charge is 0.248 e. The number of carbonyl (C=O) groups excluding carboxylic acids is 2. The summed E-state index contributed by atoms with van der Waals surface area (Å²) in [6, 6.07) is 0. The number of amides is 2. The number of carbonyl (C=O) groups is 2. The number of nitrogens with one attached hydrogen (secondary N) is 1. The van der Waals surface area contributed by atoms with E-state index in [0.717, 1.165) is 33.0 Å². The molecule has 3 N–H and O–H groups in total. The number of nitrogens with zero attached hydrogens (tertiary/aromatic N) is 1. The molecule has 2 heterocycles. The number of nitrogens with two attached hydrogens (primary N) is 1. The Balaban J connectivity index is 2.02. The number of hydrogen-bond donors (Lipinski definition) is 2. The van der Waals surface area contributed by atoms with Crippen LogP contribution in [0.3, 0.4) is 0 Å². The lowest BCUT2D eigenvalue weighted by atomic mass is 10.0. The summed E-state index contributed by atoms with van der Waals surface area (Å²) in [6.45, 7) is 11.7. The molecule has 8 heteroatoms. The zero-order valence-electron chi connectivity index (χ0n) is 17.8. The lowest BCUT2D eigenvalue weighted by Gasteiger charge is -2.27. The summed E-state index contributed by atoms with van der Waals surface area (Å²) in [6.07, 6.45) is 4.88. The van der Waals surface area contributed by atoms with E-state index in [1.807, 2.05) is 6.92 Å². The molecule has 0 atom stereocenters. The van der Waals surface area contributed by atoms with Crippen LogP contribution in [0.2, 0.25) is 0 Å². The lowest BCUT2D eigenvalue weighted by Crippen LogP contribution is -2.37. The SMILES string of the molecule is C=C/C=C(/OCC)C(=C)CCC(=O)Nc1sc2c(c1CN)CCN(C(=O)COC)C2. The minimum atomic E-state index is -0.105. The van der Waals surface area contributed by atoms with Crippen LogP contribution in [-0.4, -0.2) is 43.6 Å². The summed E-state index contributed by atoms with van der Waals surface area (Å²) < 4.78 is 10.5. The van der Waals surface area contributed by atoms with E-state index in [1.54, 1.807) is 17.1 Å². The number of anilines is 1. The Kier molecular flexibility index (Phi) is 9.29. The number of methoxy groups -OCH3 is 1. The molecule has 0 spiro atoms. The average Bonchev–Trinajstić information content (AvgIpc) is 3.07. The third-order valence-electron chi connectivity index (χ3n) is 4.82. The van der Waals surface area contributed by atoms with Gasteiger partial charge in [-0.05, 0) is 37.0 Å². The van der Waals surface area contributed by atoms with E-state index >= 15 is 0 Å². The molecule has 30 heavy (non-hydrogen) atoms. The second kappa shape index (κ2) is 11.7. The normalized spacial score (nSPS) is 13.6. The fraction of sp³-hybridized carbons (Fsp3) is 0.455. The Morgan fingerprint density at radius 3 is 2.77 bits per heavy atom. The van der Waals surface area contributed by atoms with Gasteiger partial charge in [0.2, 0.25) is 11.8 Å². The molecule has 1 aliphatic heterocycles. The van der Waals surface area contributed by atoms with Crippen molar-refractivity contribution in [3.05, 3.63) is 52.6 Å². The molecule has 0 radical (unpaired) electrons. The predicted octanol–water partition coefficient (Wildman–Crippen LogP) is 3.12. The number of ether oxygens (including phenoxy) is 2. The van der Waals surface area contributed by atoms with Gasteiger partial charge in [-0.15, -0.1) is 11.3 Å². The van der Waals surface area contributed by atoms with Gasteiger partial charge in [0.25, 0.3) is 0 Å². The minimum Gasteiger partial charge on any atom is -0.494 e. The van der Waals surface area contributed by atoms with Crippen molar-refractivity contribution < 1.29 is 19.1 Å². The molecule has 0 saturated carbocycles. The van der Waals surface area contributed by atoms with Gasteiger partial charge in [-0.2, -0.15) is 0 Å². The first-order valence-corrected chi connectivity index (χ1v) is 10.8. The largest absolute Gasteiger partial charge is 0.494 e. The highest BCUT2D eigenvalue weighted by Crippen LogP contribution is 2.37. The Hall–Kier alpha value is -2.42. The average molecular weight is 434 g/mol. The van der Waals surface area contributed by atoms with E-state index in [0.29, 0.717) is 38.4 Å². The van der Waals surface area contributed by atoms with Crippen LogP contribution in [0.5, 0.6) is 0 Å². The van der Waals surface area contributed by atoms with Crippen LogP contribution < -0.4 is 11.1 Å². The summed E-state index contributed by atoms with van der Waals surface area (Å²) >= 11 is 1.49. The molecular formula is C22H31N3O4S. The van der Waals surface area contributed by atoms with Crippen LogP contribution in [-0.2, 0) is 38.6 Å². The second-order valence-corrected chi connectivity index (χ2v) is 7.97. The Labute approximate surface area is 182 Å². The molecule has 2 rings (SSSR count). The zero-order chi connectivity index (χ0) is 22.1. The van der Waals surface area contributed by atoms with E-state index < -0.39 is 0 Å². The van der Waals surface area contributed by atoms with Gasteiger partial charge in [0.1, 0.15) is 12.4 Å². The third-order valence-corrected chi connectivity index (χ3v) is 5.99. The number of allylic oxidation sites excluding steroid dienone is 3. The number of hydrogen-bond acceptors (Lipinski definition) is 6. The molecule has 0 aromatic carbocycles. The molecular weight excluding hydrogens is 402 g/mol. The predicted molar refractivity (Wildman–Crippen MR) is 120 cm³/mol. The summed E-state index contributed by atoms with van der Waals surface area (Å²) in [5.74, 6) is 0.509. The van der Waals surface area contributed by atoms with E-state index in [1.165, 1.54) is 18.4 Å². The number of rotatable bonds is 11. The van der Waals surface area contributed by atoms with E-state index in [2.05, 4.69) is 18.5 Å². The number of fused-ring (bicyclic) bond motifs is 1. The second-order valence-electron chi connectivity index (χ2n) is 6.87. The first kappa shape index (κ1) is 23.9.